The number of likely N-dealkylation sites (tertiary alicyclic amines) is 1. The Kier molecular flexibility index (Phi) is 3.67. The summed E-state index contributed by atoms with van der Waals surface area (Å²) in [5.74, 6) is 0.212. The van der Waals surface area contributed by atoms with Gasteiger partial charge in [-0.15, -0.1) is 0 Å². The summed E-state index contributed by atoms with van der Waals surface area (Å²) in [6.07, 6.45) is 2.28. The number of carbonyl (C=O) groups excluding carboxylic acids is 1. The minimum absolute atomic E-state index is 0.144. The van der Waals surface area contributed by atoms with Crippen LogP contribution in [0.15, 0.2) is 24.3 Å². The van der Waals surface area contributed by atoms with Crippen molar-refractivity contribution >= 4 is 11.6 Å². The van der Waals surface area contributed by atoms with E-state index in [4.69, 9.17) is 0 Å². The van der Waals surface area contributed by atoms with Gasteiger partial charge in [0.25, 0.3) is 0 Å². The third-order valence-electron chi connectivity index (χ3n) is 3.19. The molecule has 1 aliphatic rings. The second kappa shape index (κ2) is 5.21. The van der Waals surface area contributed by atoms with Crippen LogP contribution < -0.4 is 5.32 Å². The summed E-state index contributed by atoms with van der Waals surface area (Å²) >= 11 is 0. The van der Waals surface area contributed by atoms with Gasteiger partial charge in [0.05, 0.1) is 0 Å². The molecule has 3 heteroatoms. The molecule has 1 fully saturated rings. The summed E-state index contributed by atoms with van der Waals surface area (Å²) in [6, 6.07) is 7.98. The van der Waals surface area contributed by atoms with Gasteiger partial charge in [0.2, 0.25) is 5.91 Å². The molecule has 1 unspecified atom stereocenters. The molecule has 1 heterocycles. The lowest BCUT2D eigenvalue weighted by molar-refractivity contribution is -0.130. The maximum absolute atomic E-state index is 12.1. The average Bonchev–Trinajstić information content (AvgIpc) is 2.81. The molecule has 2 rings (SSSR count). The largest absolute Gasteiger partial charge is 0.374 e. The van der Waals surface area contributed by atoms with Crippen LogP contribution in [0.1, 0.15) is 25.3 Å². The van der Waals surface area contributed by atoms with Crippen molar-refractivity contribution in [1.29, 1.82) is 0 Å². The lowest BCUT2D eigenvalue weighted by atomic mass is 10.2. The van der Waals surface area contributed by atoms with Crippen molar-refractivity contribution in [3.8, 4) is 0 Å². The molecule has 0 aromatic heterocycles. The molecule has 1 aromatic carbocycles. The number of hydrogen-bond acceptors (Lipinski definition) is 2. The molecule has 1 saturated heterocycles. The van der Waals surface area contributed by atoms with Crippen LogP contribution in [0, 0.1) is 6.92 Å². The zero-order valence-corrected chi connectivity index (χ0v) is 10.6. The summed E-state index contributed by atoms with van der Waals surface area (Å²) in [7, 11) is 0. The maximum Gasteiger partial charge on any atom is 0.244 e. The van der Waals surface area contributed by atoms with Crippen LogP contribution in [0.5, 0.6) is 0 Å². The number of amides is 1. The first-order valence-corrected chi connectivity index (χ1v) is 6.29. The third-order valence-corrected chi connectivity index (χ3v) is 3.19. The highest BCUT2D eigenvalue weighted by Gasteiger charge is 2.22. The summed E-state index contributed by atoms with van der Waals surface area (Å²) in [5, 5.41) is 3.27. The fourth-order valence-electron chi connectivity index (χ4n) is 2.26. The Hall–Kier alpha value is -1.51. The predicted octanol–water partition coefficient (Wildman–Crippen LogP) is 2.42. The highest BCUT2D eigenvalue weighted by Crippen LogP contribution is 2.14. The Balaban J connectivity index is 1.96. The molecule has 1 amide bonds. The summed E-state index contributed by atoms with van der Waals surface area (Å²) in [4.78, 5) is 14.0. The van der Waals surface area contributed by atoms with Crippen LogP contribution >= 0.6 is 0 Å². The fraction of sp³-hybridized carbons (Fsp3) is 0.500. The van der Waals surface area contributed by atoms with Crippen LogP contribution in [0.4, 0.5) is 5.69 Å². The normalized spacial score (nSPS) is 16.9. The van der Waals surface area contributed by atoms with Gasteiger partial charge in [0.15, 0.2) is 0 Å². The molecule has 0 aliphatic carbocycles. The molecule has 0 saturated carbocycles. The van der Waals surface area contributed by atoms with Gasteiger partial charge in [0.1, 0.15) is 6.04 Å². The van der Waals surface area contributed by atoms with E-state index < -0.39 is 0 Å². The van der Waals surface area contributed by atoms with Gasteiger partial charge in [-0.05, 0) is 44.4 Å². The van der Waals surface area contributed by atoms with Gasteiger partial charge in [-0.2, -0.15) is 0 Å². The van der Waals surface area contributed by atoms with Gasteiger partial charge < -0.3 is 10.2 Å². The van der Waals surface area contributed by atoms with E-state index in [0.29, 0.717) is 0 Å². The molecule has 1 atom stereocenters. The molecule has 0 radical (unpaired) electrons. The van der Waals surface area contributed by atoms with E-state index in [1.165, 1.54) is 5.56 Å². The molecule has 3 nitrogen and oxygen atoms in total. The molecule has 1 N–H and O–H groups in total. The van der Waals surface area contributed by atoms with E-state index >= 15 is 0 Å². The maximum atomic E-state index is 12.1. The molecular formula is C14H20N2O. The van der Waals surface area contributed by atoms with E-state index in [-0.39, 0.29) is 11.9 Å². The van der Waals surface area contributed by atoms with Crippen molar-refractivity contribution in [3.63, 3.8) is 0 Å². The van der Waals surface area contributed by atoms with E-state index in [1.54, 1.807) is 0 Å². The van der Waals surface area contributed by atoms with Crippen LogP contribution in [0.3, 0.4) is 0 Å². The smallest absolute Gasteiger partial charge is 0.244 e. The summed E-state index contributed by atoms with van der Waals surface area (Å²) in [5.41, 5.74) is 2.22. The summed E-state index contributed by atoms with van der Waals surface area (Å²) < 4.78 is 0. The zero-order chi connectivity index (χ0) is 12.3. The van der Waals surface area contributed by atoms with Gasteiger partial charge in [-0.1, -0.05) is 12.1 Å². The molecule has 1 aliphatic heterocycles. The fourth-order valence-corrected chi connectivity index (χ4v) is 2.26. The van der Waals surface area contributed by atoms with Gasteiger partial charge in [-0.3, -0.25) is 4.79 Å². The van der Waals surface area contributed by atoms with Crippen molar-refractivity contribution in [2.75, 3.05) is 18.4 Å². The molecule has 92 valence electrons. The topological polar surface area (TPSA) is 32.3 Å². The number of nitrogens with one attached hydrogen (secondary N) is 1. The Morgan fingerprint density at radius 2 is 2.06 bits per heavy atom. The Morgan fingerprint density at radius 3 is 2.71 bits per heavy atom. The van der Waals surface area contributed by atoms with Crippen LogP contribution in [0.2, 0.25) is 0 Å². The Bertz CT molecular complexity index is 397. The number of anilines is 1. The van der Waals surface area contributed by atoms with Crippen molar-refractivity contribution in [3.05, 3.63) is 29.8 Å². The van der Waals surface area contributed by atoms with Crippen LogP contribution in [0.25, 0.3) is 0 Å². The first-order chi connectivity index (χ1) is 8.16. The second-order valence-electron chi connectivity index (χ2n) is 4.77. The molecule has 1 aromatic rings. The van der Waals surface area contributed by atoms with E-state index in [0.717, 1.165) is 31.6 Å². The van der Waals surface area contributed by atoms with Crippen LogP contribution in [-0.4, -0.2) is 29.9 Å². The van der Waals surface area contributed by atoms with Crippen molar-refractivity contribution in [2.24, 2.45) is 0 Å². The van der Waals surface area contributed by atoms with Gasteiger partial charge >= 0.3 is 0 Å². The van der Waals surface area contributed by atoms with Crippen molar-refractivity contribution in [2.45, 2.75) is 32.7 Å². The molecule has 0 spiro atoms. The highest BCUT2D eigenvalue weighted by atomic mass is 16.2. The number of carbonyl (C=O) groups is 1. The number of hydrogen-bond donors (Lipinski definition) is 1. The van der Waals surface area contributed by atoms with Crippen molar-refractivity contribution in [1.82, 2.24) is 4.90 Å². The minimum atomic E-state index is -0.144. The van der Waals surface area contributed by atoms with E-state index in [9.17, 15) is 4.79 Å². The number of benzene rings is 1. The van der Waals surface area contributed by atoms with Crippen molar-refractivity contribution < 1.29 is 4.79 Å². The van der Waals surface area contributed by atoms with Gasteiger partial charge in [0, 0.05) is 18.8 Å². The van der Waals surface area contributed by atoms with E-state index in [2.05, 4.69) is 24.4 Å². The standard InChI is InChI=1S/C14H20N2O/c1-11-6-5-7-13(10-11)15-12(2)14(17)16-8-3-4-9-16/h5-7,10,12,15H,3-4,8-9H2,1-2H3. The second-order valence-corrected chi connectivity index (χ2v) is 4.77. The predicted molar refractivity (Wildman–Crippen MR) is 70.1 cm³/mol. The zero-order valence-electron chi connectivity index (χ0n) is 10.6. The minimum Gasteiger partial charge on any atom is -0.374 e. The third kappa shape index (κ3) is 2.99. The molecular weight excluding hydrogens is 212 g/mol. The Labute approximate surface area is 103 Å². The SMILES string of the molecule is Cc1cccc(NC(C)C(=O)N2CCCC2)c1. The summed E-state index contributed by atoms with van der Waals surface area (Å²) in [6.45, 7) is 5.82. The molecule has 17 heavy (non-hydrogen) atoms. The Morgan fingerprint density at radius 1 is 1.35 bits per heavy atom. The first kappa shape index (κ1) is 12.0. The lowest BCUT2D eigenvalue weighted by Gasteiger charge is -2.22. The quantitative estimate of drug-likeness (QED) is 0.868. The van der Waals surface area contributed by atoms with Gasteiger partial charge in [-0.25, -0.2) is 0 Å². The average molecular weight is 232 g/mol. The molecule has 0 bridgehead atoms. The monoisotopic (exact) mass is 232 g/mol. The number of rotatable bonds is 3. The number of aryl methyl sites for hydroxylation is 1. The lowest BCUT2D eigenvalue weighted by Crippen LogP contribution is -2.39. The van der Waals surface area contributed by atoms with Crippen LogP contribution in [-0.2, 0) is 4.79 Å². The number of nitrogens with zero attached hydrogens (tertiary/aromatic N) is 1. The highest BCUT2D eigenvalue weighted by molar-refractivity contribution is 5.84. The first-order valence-electron chi connectivity index (χ1n) is 6.29. The van der Waals surface area contributed by atoms with E-state index in [1.807, 2.05) is 24.0 Å².